The van der Waals surface area contributed by atoms with Crippen molar-refractivity contribution < 1.29 is 26.3 Å². The molecule has 3 aromatic rings. The zero-order valence-corrected chi connectivity index (χ0v) is 16.3. The van der Waals surface area contributed by atoms with Crippen LogP contribution in [-0.4, -0.2) is 5.11 Å². The predicted molar refractivity (Wildman–Crippen MR) is 108 cm³/mol. The third-order valence-corrected chi connectivity index (χ3v) is 4.69. The number of hydrogen-bond acceptors (Lipinski definition) is 1. The molecular formula is C21H16F6N2S. The Kier molecular flexibility index (Phi) is 5.94. The Balaban J connectivity index is 1.79. The van der Waals surface area contributed by atoms with Crippen LogP contribution in [0.5, 0.6) is 0 Å². The number of thiocarbonyl (C=S) groups is 1. The maximum absolute atomic E-state index is 13.0. The minimum Gasteiger partial charge on any atom is -0.356 e. The molecule has 158 valence electrons. The van der Waals surface area contributed by atoms with Gasteiger partial charge in [-0.3, -0.25) is 0 Å². The second-order valence-corrected chi connectivity index (χ2v) is 7.13. The van der Waals surface area contributed by atoms with Crippen LogP contribution in [0.25, 0.3) is 10.8 Å². The first-order valence-electron chi connectivity index (χ1n) is 8.79. The molecule has 3 rings (SSSR count). The number of fused-ring (bicyclic) bond motifs is 1. The number of alkyl halides is 6. The Labute approximate surface area is 173 Å². The predicted octanol–water partition coefficient (Wildman–Crippen LogP) is 6.93. The molecule has 0 amide bonds. The van der Waals surface area contributed by atoms with E-state index in [1.54, 1.807) is 6.92 Å². The normalized spacial score (nSPS) is 13.2. The maximum atomic E-state index is 13.0. The Bertz CT molecular complexity index is 1040. The van der Waals surface area contributed by atoms with Crippen LogP contribution in [0.2, 0.25) is 0 Å². The van der Waals surface area contributed by atoms with Crippen LogP contribution in [0.1, 0.15) is 29.7 Å². The summed E-state index contributed by atoms with van der Waals surface area (Å²) in [5, 5.41) is 7.25. The Morgan fingerprint density at radius 1 is 0.800 bits per heavy atom. The smallest absolute Gasteiger partial charge is 0.356 e. The summed E-state index contributed by atoms with van der Waals surface area (Å²) in [5.41, 5.74) is -2.37. The van der Waals surface area contributed by atoms with Gasteiger partial charge < -0.3 is 10.6 Å². The van der Waals surface area contributed by atoms with Gasteiger partial charge in [0.15, 0.2) is 5.11 Å². The summed E-state index contributed by atoms with van der Waals surface area (Å²) in [6.07, 6.45) is -9.85. The van der Waals surface area contributed by atoms with E-state index in [2.05, 4.69) is 10.6 Å². The molecule has 0 aliphatic heterocycles. The van der Waals surface area contributed by atoms with E-state index in [0.717, 1.165) is 16.3 Å². The quantitative estimate of drug-likeness (QED) is 0.340. The molecule has 0 aliphatic rings. The van der Waals surface area contributed by atoms with Crippen molar-refractivity contribution >= 4 is 33.8 Å². The molecule has 1 atom stereocenters. The van der Waals surface area contributed by atoms with Gasteiger partial charge in [0.2, 0.25) is 0 Å². The first kappa shape index (κ1) is 21.9. The van der Waals surface area contributed by atoms with Crippen molar-refractivity contribution in [1.29, 1.82) is 0 Å². The van der Waals surface area contributed by atoms with Crippen molar-refractivity contribution in [1.82, 2.24) is 5.32 Å². The summed E-state index contributed by atoms with van der Waals surface area (Å²) in [6.45, 7) is 1.78. The lowest BCUT2D eigenvalue weighted by atomic mass is 10.0. The average Bonchev–Trinajstić information content (AvgIpc) is 2.65. The molecule has 0 fully saturated rings. The standard InChI is InChI=1S/C21H16F6N2S/c1-12(14-7-6-13-4-2-3-5-15(13)8-14)28-19(30)29-18-10-16(20(22,23)24)9-17(11-18)21(25,26)27/h2-12H,1H3,(H2,28,29,30)/t12-/m0/s1. The molecule has 2 N–H and O–H groups in total. The number of nitrogens with one attached hydrogen (secondary N) is 2. The van der Waals surface area contributed by atoms with Crippen molar-refractivity contribution in [3.05, 3.63) is 77.4 Å². The summed E-state index contributed by atoms with van der Waals surface area (Å²) < 4.78 is 77.9. The third kappa shape index (κ3) is 5.21. The first-order valence-corrected chi connectivity index (χ1v) is 9.20. The highest BCUT2D eigenvalue weighted by Gasteiger charge is 2.37. The average molecular weight is 442 g/mol. The minimum atomic E-state index is -4.93. The Morgan fingerprint density at radius 2 is 1.37 bits per heavy atom. The number of hydrogen-bond donors (Lipinski definition) is 2. The molecule has 0 heterocycles. The zero-order chi connectivity index (χ0) is 22.1. The van der Waals surface area contributed by atoms with Crippen molar-refractivity contribution in [2.75, 3.05) is 5.32 Å². The number of benzene rings is 3. The van der Waals surface area contributed by atoms with E-state index in [1.807, 2.05) is 42.5 Å². The number of anilines is 1. The Hall–Kier alpha value is -2.81. The maximum Gasteiger partial charge on any atom is 0.416 e. The van der Waals surface area contributed by atoms with Crippen molar-refractivity contribution in [2.24, 2.45) is 0 Å². The molecule has 30 heavy (non-hydrogen) atoms. The number of halogens is 6. The third-order valence-electron chi connectivity index (χ3n) is 4.47. The SMILES string of the molecule is C[C@H](NC(=S)Nc1cc(C(F)(F)F)cc(C(F)(F)F)c1)c1ccc2ccccc2c1. The van der Waals surface area contributed by atoms with Crippen molar-refractivity contribution in [2.45, 2.75) is 25.3 Å². The fourth-order valence-corrected chi connectivity index (χ4v) is 3.25. The second-order valence-electron chi connectivity index (χ2n) is 6.72. The van der Waals surface area contributed by atoms with Gasteiger partial charge in [-0.05, 0) is 59.7 Å². The van der Waals surface area contributed by atoms with Crippen LogP contribution in [0.15, 0.2) is 60.7 Å². The molecule has 0 saturated carbocycles. The van der Waals surface area contributed by atoms with Gasteiger partial charge in [0, 0.05) is 5.69 Å². The van der Waals surface area contributed by atoms with E-state index in [1.165, 1.54) is 0 Å². The lowest BCUT2D eigenvalue weighted by molar-refractivity contribution is -0.143. The molecular weight excluding hydrogens is 426 g/mol. The highest BCUT2D eigenvalue weighted by molar-refractivity contribution is 7.80. The molecule has 0 unspecified atom stereocenters. The van der Waals surface area contributed by atoms with Crippen LogP contribution >= 0.6 is 12.2 Å². The summed E-state index contributed by atoms with van der Waals surface area (Å²) >= 11 is 5.10. The lowest BCUT2D eigenvalue weighted by Crippen LogP contribution is -2.31. The first-order chi connectivity index (χ1) is 13.9. The monoisotopic (exact) mass is 442 g/mol. The van der Waals surface area contributed by atoms with E-state index in [4.69, 9.17) is 12.2 Å². The van der Waals surface area contributed by atoms with Gasteiger partial charge in [-0.15, -0.1) is 0 Å². The van der Waals surface area contributed by atoms with Crippen LogP contribution in [0.4, 0.5) is 32.0 Å². The highest BCUT2D eigenvalue weighted by atomic mass is 32.1. The molecule has 0 radical (unpaired) electrons. The van der Waals surface area contributed by atoms with Crippen molar-refractivity contribution in [3.8, 4) is 0 Å². The molecule has 0 spiro atoms. The lowest BCUT2D eigenvalue weighted by Gasteiger charge is -2.19. The second kappa shape index (κ2) is 8.14. The van der Waals surface area contributed by atoms with Crippen molar-refractivity contribution in [3.63, 3.8) is 0 Å². The van der Waals surface area contributed by atoms with E-state index in [-0.39, 0.29) is 17.2 Å². The van der Waals surface area contributed by atoms with Crippen LogP contribution in [-0.2, 0) is 12.4 Å². The molecule has 0 aromatic heterocycles. The Morgan fingerprint density at radius 3 is 1.93 bits per heavy atom. The highest BCUT2D eigenvalue weighted by Crippen LogP contribution is 2.37. The molecule has 2 nitrogen and oxygen atoms in total. The van der Waals surface area contributed by atoms with E-state index in [0.29, 0.717) is 12.1 Å². The zero-order valence-electron chi connectivity index (χ0n) is 15.5. The van der Waals surface area contributed by atoms with Crippen LogP contribution < -0.4 is 10.6 Å². The van der Waals surface area contributed by atoms with Gasteiger partial charge >= 0.3 is 12.4 Å². The van der Waals surface area contributed by atoms with Gasteiger partial charge in [-0.25, -0.2) is 0 Å². The van der Waals surface area contributed by atoms with Crippen LogP contribution in [0.3, 0.4) is 0 Å². The topological polar surface area (TPSA) is 24.1 Å². The van der Waals surface area contributed by atoms with E-state index in [9.17, 15) is 26.3 Å². The van der Waals surface area contributed by atoms with Gasteiger partial charge in [0.25, 0.3) is 0 Å². The summed E-state index contributed by atoms with van der Waals surface area (Å²) in [4.78, 5) is 0. The van der Waals surface area contributed by atoms with Crippen LogP contribution in [0, 0.1) is 0 Å². The fourth-order valence-electron chi connectivity index (χ4n) is 2.95. The summed E-state index contributed by atoms with van der Waals surface area (Å²) in [5.74, 6) is 0. The molecule has 0 saturated heterocycles. The van der Waals surface area contributed by atoms with Gasteiger partial charge in [-0.2, -0.15) is 26.3 Å². The summed E-state index contributed by atoms with van der Waals surface area (Å²) in [7, 11) is 0. The minimum absolute atomic E-state index is 0.0688. The molecule has 3 aromatic carbocycles. The van der Waals surface area contributed by atoms with Gasteiger partial charge in [0.05, 0.1) is 17.2 Å². The molecule has 0 bridgehead atoms. The largest absolute Gasteiger partial charge is 0.416 e. The fraction of sp³-hybridized carbons (Fsp3) is 0.190. The van der Waals surface area contributed by atoms with E-state index >= 15 is 0 Å². The van der Waals surface area contributed by atoms with E-state index < -0.39 is 29.2 Å². The molecule has 0 aliphatic carbocycles. The number of rotatable bonds is 3. The van der Waals surface area contributed by atoms with Gasteiger partial charge in [0.1, 0.15) is 0 Å². The summed E-state index contributed by atoms with van der Waals surface area (Å²) in [6, 6.07) is 14.3. The van der Waals surface area contributed by atoms with Gasteiger partial charge in [-0.1, -0.05) is 36.4 Å². The molecule has 9 heteroatoms.